The third-order valence-electron chi connectivity index (χ3n) is 10.6. The van der Waals surface area contributed by atoms with Gasteiger partial charge in [-0.3, -0.25) is 19.6 Å². The van der Waals surface area contributed by atoms with E-state index in [-0.39, 0.29) is 32.8 Å². The lowest BCUT2D eigenvalue weighted by Gasteiger charge is -2.32. The molecule has 66 heavy (non-hydrogen) atoms. The van der Waals surface area contributed by atoms with Gasteiger partial charge in [0.1, 0.15) is 11.6 Å². The Kier molecular flexibility index (Phi) is 13.7. The third kappa shape index (κ3) is 10.4. The molecule has 1 aliphatic heterocycles. The summed E-state index contributed by atoms with van der Waals surface area (Å²) in [5, 5.41) is 5.28. The van der Waals surface area contributed by atoms with Crippen LogP contribution in [0.15, 0.2) is 161 Å². The molecule has 16 nitrogen and oxygen atoms in total. The van der Waals surface area contributed by atoms with E-state index in [9.17, 15) is 26.4 Å². The molecular formula is C46H44BBrN8O8S2. The van der Waals surface area contributed by atoms with Crippen LogP contribution in [0.1, 0.15) is 41.5 Å². The molecule has 8 aromatic rings. The number of nitrogens with one attached hydrogen (secondary N) is 2. The van der Waals surface area contributed by atoms with E-state index in [1.54, 1.807) is 128 Å². The van der Waals surface area contributed by atoms with Crippen LogP contribution in [0.5, 0.6) is 0 Å². The molecule has 2 amide bonds. The van der Waals surface area contributed by atoms with Crippen molar-refractivity contribution in [3.05, 3.63) is 151 Å². The van der Waals surface area contributed by atoms with Gasteiger partial charge in [-0.05, 0) is 127 Å². The van der Waals surface area contributed by atoms with E-state index >= 15 is 0 Å². The van der Waals surface area contributed by atoms with Gasteiger partial charge in [-0.25, -0.2) is 34.7 Å². The lowest BCUT2D eigenvalue weighted by atomic mass is 9.80. The Morgan fingerprint density at radius 1 is 0.591 bits per heavy atom. The molecule has 338 valence electrons. The predicted octanol–water partition coefficient (Wildman–Crippen LogP) is 7.67. The molecule has 0 bridgehead atoms. The molecule has 2 N–H and O–H groups in total. The molecule has 0 saturated carbocycles. The van der Waals surface area contributed by atoms with Crippen molar-refractivity contribution in [2.24, 2.45) is 0 Å². The van der Waals surface area contributed by atoms with Crippen LogP contribution in [-0.2, 0) is 38.9 Å². The summed E-state index contributed by atoms with van der Waals surface area (Å²) in [6, 6.07) is 30.5. The number of benzene rings is 2. The molecule has 7 heterocycles. The standard InChI is InChI=1S/C20H16N4O3S.C13H19BN2O3.C13H9BrN2O2S/c1-14(25)23-20-12-15(7-9-21-20)16-11-19-18(22-13-16)8-10-24(19)28(26,27)17-5-3-2-4-6-17;1-9(17)16-11-8-10(6-7-15-11)14-18-12(2,3)13(4,5)19-14;14-10-8-13-12(15-9-10)6-7-16(13)19(17,18)11-4-2-1-3-5-11/h2-13H,1H3,(H,21,23,25);6-8H,1-5H3,(H,15,16,17);1-9H. The fourth-order valence-corrected chi connectivity index (χ4v) is 9.65. The van der Waals surface area contributed by atoms with Gasteiger partial charge in [0.05, 0.1) is 43.1 Å². The highest BCUT2D eigenvalue weighted by atomic mass is 79.9. The van der Waals surface area contributed by atoms with Crippen molar-refractivity contribution < 1.29 is 35.7 Å². The van der Waals surface area contributed by atoms with Crippen molar-refractivity contribution in [1.82, 2.24) is 27.9 Å². The summed E-state index contributed by atoms with van der Waals surface area (Å²) >= 11 is 3.30. The van der Waals surface area contributed by atoms with Crippen LogP contribution in [0.3, 0.4) is 0 Å². The smallest absolute Gasteiger partial charge is 0.399 e. The van der Waals surface area contributed by atoms with Crippen LogP contribution in [-0.4, -0.2) is 74.9 Å². The molecule has 1 fully saturated rings. The lowest BCUT2D eigenvalue weighted by molar-refractivity contribution is -0.115. The van der Waals surface area contributed by atoms with Crippen LogP contribution in [0.4, 0.5) is 11.6 Å². The van der Waals surface area contributed by atoms with E-state index in [0.717, 1.165) is 15.5 Å². The number of nitrogens with zero attached hydrogens (tertiary/aromatic N) is 6. The normalized spacial score (nSPS) is 14.1. The largest absolute Gasteiger partial charge is 0.495 e. The summed E-state index contributed by atoms with van der Waals surface area (Å²) in [6.45, 7) is 10.9. The lowest BCUT2D eigenvalue weighted by Crippen LogP contribution is -2.41. The Bertz CT molecular complexity index is 3280. The summed E-state index contributed by atoms with van der Waals surface area (Å²) in [6.07, 6.45) is 9.53. The molecule has 20 heteroatoms. The van der Waals surface area contributed by atoms with E-state index in [0.29, 0.717) is 39.3 Å². The maximum absolute atomic E-state index is 13.0. The second-order valence-corrected chi connectivity index (χ2v) is 20.4. The van der Waals surface area contributed by atoms with Crippen molar-refractivity contribution in [3.63, 3.8) is 0 Å². The van der Waals surface area contributed by atoms with Crippen LogP contribution in [0, 0.1) is 0 Å². The maximum atomic E-state index is 13.0. The number of carbonyl (C=O) groups excluding carboxylic acids is 2. The van der Waals surface area contributed by atoms with Crippen molar-refractivity contribution in [2.45, 2.75) is 62.5 Å². The molecule has 0 atom stereocenters. The maximum Gasteiger partial charge on any atom is 0.495 e. The van der Waals surface area contributed by atoms with Crippen molar-refractivity contribution in [2.75, 3.05) is 10.6 Å². The molecule has 2 aromatic carbocycles. The monoisotopic (exact) mass is 990 g/mol. The Labute approximate surface area is 390 Å². The number of aromatic nitrogens is 6. The number of rotatable bonds is 8. The van der Waals surface area contributed by atoms with Crippen LogP contribution < -0.4 is 16.1 Å². The third-order valence-corrected chi connectivity index (χ3v) is 14.4. The summed E-state index contributed by atoms with van der Waals surface area (Å²) in [5.74, 6) is 0.539. The summed E-state index contributed by atoms with van der Waals surface area (Å²) in [5.41, 5.74) is 3.80. The second kappa shape index (κ2) is 19.1. The van der Waals surface area contributed by atoms with Crippen LogP contribution in [0.2, 0.25) is 0 Å². The number of hydrogen-bond donors (Lipinski definition) is 2. The number of amides is 2. The van der Waals surface area contributed by atoms with E-state index < -0.39 is 27.2 Å². The van der Waals surface area contributed by atoms with Crippen molar-refractivity contribution >= 4 is 94.1 Å². The zero-order valence-electron chi connectivity index (χ0n) is 36.6. The Balaban J connectivity index is 0.000000152. The van der Waals surface area contributed by atoms with Crippen LogP contribution in [0.25, 0.3) is 33.2 Å². The first-order valence-corrected chi connectivity index (χ1v) is 24.0. The number of fused-ring (bicyclic) bond motifs is 2. The van der Waals surface area contributed by atoms with E-state index in [1.807, 2.05) is 33.8 Å². The van der Waals surface area contributed by atoms with Gasteiger partial charge in [-0.15, -0.1) is 0 Å². The molecule has 1 aliphatic rings. The fraction of sp³-hybridized carbons (Fsp3) is 0.174. The average Bonchev–Trinajstić information content (AvgIpc) is 3.97. The van der Waals surface area contributed by atoms with Gasteiger partial charge < -0.3 is 19.9 Å². The van der Waals surface area contributed by atoms with Gasteiger partial charge in [0, 0.05) is 61.1 Å². The minimum atomic E-state index is -3.74. The average molecular weight is 992 g/mol. The minimum absolute atomic E-state index is 0.154. The van der Waals surface area contributed by atoms with Gasteiger partial charge in [0.15, 0.2) is 0 Å². The predicted molar refractivity (Wildman–Crippen MR) is 257 cm³/mol. The summed E-state index contributed by atoms with van der Waals surface area (Å²) < 4.78 is 66.2. The number of carbonyl (C=O) groups is 2. The van der Waals surface area contributed by atoms with Crippen molar-refractivity contribution in [1.29, 1.82) is 0 Å². The zero-order chi connectivity index (χ0) is 47.4. The Morgan fingerprint density at radius 2 is 1.06 bits per heavy atom. The highest BCUT2D eigenvalue weighted by Gasteiger charge is 2.51. The van der Waals surface area contributed by atoms with Gasteiger partial charge in [0.2, 0.25) is 11.8 Å². The molecule has 0 spiro atoms. The molecule has 0 aliphatic carbocycles. The highest BCUT2D eigenvalue weighted by molar-refractivity contribution is 9.10. The zero-order valence-corrected chi connectivity index (χ0v) is 39.8. The molecule has 0 unspecified atom stereocenters. The number of hydrogen-bond acceptors (Lipinski definition) is 12. The number of pyridine rings is 4. The molecule has 1 saturated heterocycles. The highest BCUT2D eigenvalue weighted by Crippen LogP contribution is 2.36. The first kappa shape index (κ1) is 47.4. The van der Waals surface area contributed by atoms with Gasteiger partial charge in [-0.2, -0.15) is 0 Å². The molecular weight excluding hydrogens is 947 g/mol. The first-order chi connectivity index (χ1) is 31.2. The Hall–Kier alpha value is -6.58. The summed E-state index contributed by atoms with van der Waals surface area (Å²) in [4.78, 5) is 39.5. The SMILES string of the molecule is CC(=O)Nc1cc(-c2cnc3ccn(S(=O)(=O)c4ccccc4)c3c2)ccn1.CC(=O)Nc1cc(B2OC(C)(C)C(C)(C)O2)ccn1.O=S(=O)(c1ccccc1)n1ccc2ncc(Br)cc21. The Morgan fingerprint density at radius 3 is 1.58 bits per heavy atom. The fourth-order valence-electron chi connectivity index (χ4n) is 6.62. The first-order valence-electron chi connectivity index (χ1n) is 20.3. The van der Waals surface area contributed by atoms with Crippen molar-refractivity contribution in [3.8, 4) is 11.1 Å². The van der Waals surface area contributed by atoms with Gasteiger partial charge >= 0.3 is 7.12 Å². The van der Waals surface area contributed by atoms with Gasteiger partial charge in [0.25, 0.3) is 20.0 Å². The second-order valence-electron chi connectivity index (χ2n) is 15.9. The number of halogens is 1. The van der Waals surface area contributed by atoms with E-state index in [4.69, 9.17) is 9.31 Å². The molecule has 6 aromatic heterocycles. The van der Waals surface area contributed by atoms with Crippen LogP contribution >= 0.6 is 15.9 Å². The van der Waals surface area contributed by atoms with E-state index in [1.165, 1.54) is 34.2 Å². The molecule has 0 radical (unpaired) electrons. The topological polar surface area (TPSA) is 206 Å². The minimum Gasteiger partial charge on any atom is -0.399 e. The molecule has 9 rings (SSSR count). The summed E-state index contributed by atoms with van der Waals surface area (Å²) in [7, 11) is -7.77. The van der Waals surface area contributed by atoms with E-state index in [2.05, 4.69) is 46.5 Å². The number of anilines is 2. The van der Waals surface area contributed by atoms with Gasteiger partial charge in [-0.1, -0.05) is 36.4 Å². The quantitative estimate of drug-likeness (QED) is 0.141.